The van der Waals surface area contributed by atoms with Gasteiger partial charge in [0.25, 0.3) is 0 Å². The van der Waals surface area contributed by atoms with E-state index in [9.17, 15) is 5.11 Å². The smallest absolute Gasteiger partial charge is 0.165 e. The number of nitrogens with zero attached hydrogens (tertiary/aromatic N) is 5. The molecular formula is C32H28N6O. The molecule has 3 N–H and O–H groups in total. The summed E-state index contributed by atoms with van der Waals surface area (Å²) in [6, 6.07) is 24.6. The maximum atomic E-state index is 10.3. The van der Waals surface area contributed by atoms with Crippen LogP contribution in [0.5, 0.6) is 0 Å². The standard InChI is InChI=1S/C32H28N6O/c1-20-16-26-35-17-25-27(22-12-14-34-15-13-22)28(21-6-4-3-5-7-21)29(36-30(25)38(26)37-20)23-8-10-24(11-9-23)32(33)18-31(2,39)19-32/h3-17,39H,18-19,33H2,1-2H3/t31-,32-. The molecule has 1 saturated carbocycles. The van der Waals surface area contributed by atoms with Crippen molar-refractivity contribution in [2.24, 2.45) is 5.73 Å². The minimum absolute atomic E-state index is 0.520. The highest BCUT2D eigenvalue weighted by molar-refractivity contribution is 6.06. The molecule has 0 saturated heterocycles. The molecule has 0 spiro atoms. The number of aryl methyl sites for hydroxylation is 1. The van der Waals surface area contributed by atoms with Crippen LogP contribution in [0.25, 0.3) is 50.2 Å². The number of hydrogen-bond donors (Lipinski definition) is 2. The molecule has 0 atom stereocenters. The fourth-order valence-electron chi connectivity index (χ4n) is 6.12. The minimum atomic E-state index is -0.714. The van der Waals surface area contributed by atoms with Crippen molar-refractivity contribution in [2.75, 3.05) is 0 Å². The van der Waals surface area contributed by atoms with Crippen LogP contribution < -0.4 is 5.73 Å². The van der Waals surface area contributed by atoms with Crippen LogP contribution in [-0.2, 0) is 5.54 Å². The van der Waals surface area contributed by atoms with Crippen molar-refractivity contribution in [3.8, 4) is 33.5 Å². The predicted molar refractivity (Wildman–Crippen MR) is 153 cm³/mol. The lowest BCUT2D eigenvalue weighted by Gasteiger charge is -2.49. The molecule has 7 heteroatoms. The van der Waals surface area contributed by atoms with Gasteiger partial charge in [-0.25, -0.2) is 9.97 Å². The molecule has 0 aliphatic heterocycles. The van der Waals surface area contributed by atoms with Crippen molar-refractivity contribution in [2.45, 2.75) is 37.8 Å². The monoisotopic (exact) mass is 512 g/mol. The van der Waals surface area contributed by atoms with Crippen molar-refractivity contribution in [1.82, 2.24) is 24.6 Å². The Hall–Kier alpha value is -4.46. The van der Waals surface area contributed by atoms with Gasteiger partial charge in [0.05, 0.1) is 17.0 Å². The lowest BCUT2D eigenvalue weighted by Crippen LogP contribution is -2.58. The molecule has 1 fully saturated rings. The van der Waals surface area contributed by atoms with E-state index in [0.717, 1.165) is 61.4 Å². The molecule has 7 nitrogen and oxygen atoms in total. The van der Waals surface area contributed by atoms with E-state index in [1.807, 2.05) is 73.4 Å². The summed E-state index contributed by atoms with van der Waals surface area (Å²) in [4.78, 5) is 14.3. The molecule has 7 rings (SSSR count). The van der Waals surface area contributed by atoms with Crippen LogP contribution in [0.1, 0.15) is 31.0 Å². The van der Waals surface area contributed by atoms with Crippen LogP contribution in [0.2, 0.25) is 0 Å². The van der Waals surface area contributed by atoms with Crippen LogP contribution >= 0.6 is 0 Å². The number of nitrogens with two attached hydrogens (primary N) is 1. The molecule has 192 valence electrons. The lowest BCUT2D eigenvalue weighted by atomic mass is 9.63. The number of aromatic nitrogens is 5. The molecule has 1 aliphatic rings. The Balaban J connectivity index is 1.54. The first-order valence-corrected chi connectivity index (χ1v) is 13.1. The highest BCUT2D eigenvalue weighted by Crippen LogP contribution is 2.47. The molecule has 0 bridgehead atoms. The van der Waals surface area contributed by atoms with E-state index in [1.165, 1.54) is 0 Å². The van der Waals surface area contributed by atoms with Gasteiger partial charge in [-0.1, -0.05) is 54.6 Å². The molecule has 39 heavy (non-hydrogen) atoms. The van der Waals surface area contributed by atoms with Gasteiger partial charge in [-0.15, -0.1) is 0 Å². The molecule has 0 radical (unpaired) electrons. The zero-order chi connectivity index (χ0) is 26.8. The summed E-state index contributed by atoms with van der Waals surface area (Å²) >= 11 is 0. The van der Waals surface area contributed by atoms with Crippen molar-refractivity contribution in [1.29, 1.82) is 0 Å². The van der Waals surface area contributed by atoms with E-state index < -0.39 is 11.1 Å². The van der Waals surface area contributed by atoms with Crippen molar-refractivity contribution >= 4 is 16.7 Å². The summed E-state index contributed by atoms with van der Waals surface area (Å²) in [6.45, 7) is 3.80. The van der Waals surface area contributed by atoms with Crippen LogP contribution in [-0.4, -0.2) is 35.3 Å². The van der Waals surface area contributed by atoms with Gasteiger partial charge in [0.1, 0.15) is 0 Å². The number of benzene rings is 2. The lowest BCUT2D eigenvalue weighted by molar-refractivity contribution is -0.0738. The third-order valence-electron chi connectivity index (χ3n) is 7.71. The van der Waals surface area contributed by atoms with Crippen LogP contribution in [0.3, 0.4) is 0 Å². The van der Waals surface area contributed by atoms with Gasteiger partial charge in [-0.05, 0) is 55.5 Å². The number of aliphatic hydroxyl groups is 1. The fraction of sp³-hybridized carbons (Fsp3) is 0.188. The third-order valence-corrected chi connectivity index (χ3v) is 7.71. The first kappa shape index (κ1) is 23.6. The van der Waals surface area contributed by atoms with Gasteiger partial charge in [-0.3, -0.25) is 4.98 Å². The largest absolute Gasteiger partial charge is 0.390 e. The first-order valence-electron chi connectivity index (χ1n) is 13.1. The number of fused-ring (bicyclic) bond motifs is 3. The van der Waals surface area contributed by atoms with Gasteiger partial charge in [-0.2, -0.15) is 9.61 Å². The molecule has 0 unspecified atom stereocenters. The van der Waals surface area contributed by atoms with Gasteiger partial charge in [0.15, 0.2) is 11.3 Å². The second-order valence-corrected chi connectivity index (χ2v) is 10.9. The summed E-state index contributed by atoms with van der Waals surface area (Å²) in [5.74, 6) is 0. The second-order valence-electron chi connectivity index (χ2n) is 10.9. The fourth-order valence-corrected chi connectivity index (χ4v) is 6.12. The second kappa shape index (κ2) is 8.53. The van der Waals surface area contributed by atoms with Crippen molar-refractivity contribution in [3.63, 3.8) is 0 Å². The summed E-state index contributed by atoms with van der Waals surface area (Å²) in [6.07, 6.45) is 6.60. The number of hydrogen-bond acceptors (Lipinski definition) is 6. The van der Waals surface area contributed by atoms with E-state index in [4.69, 9.17) is 20.8 Å². The highest BCUT2D eigenvalue weighted by Gasteiger charge is 2.49. The van der Waals surface area contributed by atoms with Gasteiger partial charge in [0.2, 0.25) is 0 Å². The Morgan fingerprint density at radius 3 is 2.26 bits per heavy atom. The van der Waals surface area contributed by atoms with Crippen LogP contribution in [0.4, 0.5) is 0 Å². The molecule has 1 aliphatic carbocycles. The maximum absolute atomic E-state index is 10.3. The first-order chi connectivity index (χ1) is 18.8. The normalized spacial score (nSPS) is 20.8. The summed E-state index contributed by atoms with van der Waals surface area (Å²) < 4.78 is 1.83. The molecule has 4 heterocycles. The predicted octanol–water partition coefficient (Wildman–Crippen LogP) is 5.68. The summed E-state index contributed by atoms with van der Waals surface area (Å²) in [5, 5.41) is 16.0. The Kier molecular flexibility index (Phi) is 5.17. The number of pyridine rings is 2. The van der Waals surface area contributed by atoms with Gasteiger partial charge in [0, 0.05) is 52.3 Å². The molecule has 6 aromatic rings. The Morgan fingerprint density at radius 2 is 1.56 bits per heavy atom. The Morgan fingerprint density at radius 1 is 0.872 bits per heavy atom. The van der Waals surface area contributed by atoms with E-state index in [0.29, 0.717) is 12.8 Å². The zero-order valence-corrected chi connectivity index (χ0v) is 21.8. The molecule has 4 aromatic heterocycles. The van der Waals surface area contributed by atoms with E-state index in [2.05, 4.69) is 41.4 Å². The van der Waals surface area contributed by atoms with Gasteiger partial charge < -0.3 is 10.8 Å². The Labute approximate surface area is 226 Å². The SMILES string of the molecule is Cc1cc2ncc3c(-c4ccncc4)c(-c4ccccc4)c(-c4ccc([C@]5(N)C[C@](C)(O)C5)cc4)nc3n2n1. The van der Waals surface area contributed by atoms with Crippen molar-refractivity contribution < 1.29 is 5.11 Å². The van der Waals surface area contributed by atoms with Crippen LogP contribution in [0.15, 0.2) is 91.4 Å². The Bertz CT molecular complexity index is 1840. The average molecular weight is 513 g/mol. The van der Waals surface area contributed by atoms with E-state index in [1.54, 1.807) is 0 Å². The molecular weight excluding hydrogens is 484 g/mol. The van der Waals surface area contributed by atoms with E-state index in [-0.39, 0.29) is 0 Å². The van der Waals surface area contributed by atoms with Crippen LogP contribution in [0, 0.1) is 6.92 Å². The van der Waals surface area contributed by atoms with E-state index >= 15 is 0 Å². The molecule has 2 aromatic carbocycles. The maximum Gasteiger partial charge on any atom is 0.165 e. The average Bonchev–Trinajstić information content (AvgIpc) is 3.32. The van der Waals surface area contributed by atoms with Gasteiger partial charge >= 0.3 is 0 Å². The third kappa shape index (κ3) is 3.90. The quantitative estimate of drug-likeness (QED) is 0.315. The summed E-state index contributed by atoms with van der Waals surface area (Å²) in [7, 11) is 0. The zero-order valence-electron chi connectivity index (χ0n) is 21.8. The highest BCUT2D eigenvalue weighted by atomic mass is 16.3. The number of rotatable bonds is 4. The molecule has 0 amide bonds. The summed E-state index contributed by atoms with van der Waals surface area (Å²) in [5.41, 5.74) is 14.7. The topological polar surface area (TPSA) is 102 Å². The minimum Gasteiger partial charge on any atom is -0.390 e. The van der Waals surface area contributed by atoms with Crippen molar-refractivity contribution in [3.05, 3.63) is 103 Å².